The predicted octanol–water partition coefficient (Wildman–Crippen LogP) is 1.88. The number of aliphatic hydroxyl groups excluding tert-OH is 1. The Bertz CT molecular complexity index is 168. The van der Waals surface area contributed by atoms with Crippen LogP contribution in [0.1, 0.15) is 26.2 Å². The molecule has 0 radical (unpaired) electrons. The zero-order valence-electron chi connectivity index (χ0n) is 10.2. The van der Waals surface area contributed by atoms with Gasteiger partial charge in [0, 0.05) is 25.0 Å². The van der Waals surface area contributed by atoms with Gasteiger partial charge in [-0.3, -0.25) is 0 Å². The Kier molecular flexibility index (Phi) is 7.62. The molecule has 1 saturated heterocycles. The first-order valence-electron chi connectivity index (χ1n) is 6.30. The summed E-state index contributed by atoms with van der Waals surface area (Å²) in [6.45, 7) is 6.36. The number of hydrogen-bond donors (Lipinski definition) is 1. The van der Waals surface area contributed by atoms with Crippen LogP contribution in [-0.2, 0) is 4.74 Å². The molecule has 0 amide bonds. The molecule has 3 nitrogen and oxygen atoms in total. The molecule has 1 rings (SSSR count). The van der Waals surface area contributed by atoms with Crippen molar-refractivity contribution in [1.82, 2.24) is 4.90 Å². The van der Waals surface area contributed by atoms with Gasteiger partial charge in [0.25, 0.3) is 0 Å². The molecule has 1 N–H and O–H groups in total. The maximum Gasteiger partial charge on any atom is 0.0701 e. The number of ether oxygens (including phenoxy) is 1. The monoisotopic (exact) mass is 293 g/mol. The zero-order valence-corrected chi connectivity index (χ0v) is 11.8. The molecule has 0 aromatic heterocycles. The van der Waals surface area contributed by atoms with Crippen LogP contribution in [0.25, 0.3) is 0 Å². The van der Waals surface area contributed by atoms with E-state index in [-0.39, 0.29) is 6.61 Å². The number of piperidine rings is 1. The largest absolute Gasteiger partial charge is 0.394 e. The van der Waals surface area contributed by atoms with Crippen molar-refractivity contribution in [3.05, 3.63) is 0 Å². The fourth-order valence-corrected chi connectivity index (χ4v) is 2.79. The maximum atomic E-state index is 8.69. The number of hydrogen-bond acceptors (Lipinski definition) is 3. The first-order chi connectivity index (χ1) is 7.80. The number of likely N-dealkylation sites (tertiary alicyclic amines) is 1. The van der Waals surface area contributed by atoms with Gasteiger partial charge in [-0.1, -0.05) is 29.3 Å². The highest BCUT2D eigenvalue weighted by Gasteiger charge is 2.20. The summed E-state index contributed by atoms with van der Waals surface area (Å²) in [6, 6.07) is 0. The molecule has 0 saturated carbocycles. The summed E-state index contributed by atoms with van der Waals surface area (Å²) in [7, 11) is 0. The Balaban J connectivity index is 2.16. The van der Waals surface area contributed by atoms with E-state index in [1.54, 1.807) is 0 Å². The van der Waals surface area contributed by atoms with Crippen LogP contribution in [0.4, 0.5) is 0 Å². The quantitative estimate of drug-likeness (QED) is 0.728. The van der Waals surface area contributed by atoms with Gasteiger partial charge in [-0.05, 0) is 18.8 Å². The van der Waals surface area contributed by atoms with Crippen LogP contribution >= 0.6 is 15.9 Å². The standard InChI is InChI=1S/C12H24BrNO2/c1-2-11(9-13)10-14-5-3-12(4-6-14)16-8-7-15/h11-12,15H,2-10H2,1H3. The summed E-state index contributed by atoms with van der Waals surface area (Å²) in [5.74, 6) is 0.773. The van der Waals surface area contributed by atoms with Gasteiger partial charge in [0.2, 0.25) is 0 Å². The highest BCUT2D eigenvalue weighted by atomic mass is 79.9. The molecular weight excluding hydrogens is 270 g/mol. The van der Waals surface area contributed by atoms with Crippen LogP contribution in [0.5, 0.6) is 0 Å². The van der Waals surface area contributed by atoms with E-state index in [1.165, 1.54) is 13.0 Å². The Labute approximate surface area is 107 Å². The number of halogens is 1. The SMILES string of the molecule is CCC(CBr)CN1CCC(OCCO)CC1. The molecule has 1 atom stereocenters. The van der Waals surface area contributed by atoms with Crippen molar-refractivity contribution in [3.8, 4) is 0 Å². The van der Waals surface area contributed by atoms with Crippen molar-refractivity contribution in [3.63, 3.8) is 0 Å². The molecule has 4 heteroatoms. The van der Waals surface area contributed by atoms with Gasteiger partial charge < -0.3 is 14.7 Å². The third kappa shape index (κ3) is 5.13. The summed E-state index contributed by atoms with van der Waals surface area (Å²) >= 11 is 3.57. The lowest BCUT2D eigenvalue weighted by Crippen LogP contribution is -2.40. The minimum atomic E-state index is 0.141. The van der Waals surface area contributed by atoms with E-state index in [0.29, 0.717) is 12.7 Å². The molecular formula is C12H24BrNO2. The lowest BCUT2D eigenvalue weighted by molar-refractivity contribution is -0.00953. The van der Waals surface area contributed by atoms with E-state index in [1.807, 2.05) is 0 Å². The van der Waals surface area contributed by atoms with Crippen LogP contribution in [0.3, 0.4) is 0 Å². The van der Waals surface area contributed by atoms with Crippen LogP contribution in [-0.4, -0.2) is 54.3 Å². The van der Waals surface area contributed by atoms with Crippen molar-refractivity contribution in [2.75, 3.05) is 38.2 Å². The second-order valence-electron chi connectivity index (χ2n) is 4.52. The van der Waals surface area contributed by atoms with Crippen LogP contribution in [0, 0.1) is 5.92 Å². The Morgan fingerprint density at radius 3 is 2.62 bits per heavy atom. The van der Waals surface area contributed by atoms with Crippen molar-refractivity contribution < 1.29 is 9.84 Å². The third-order valence-electron chi connectivity index (χ3n) is 3.29. The molecule has 0 aromatic carbocycles. The van der Waals surface area contributed by atoms with Gasteiger partial charge in [0.05, 0.1) is 19.3 Å². The Morgan fingerprint density at radius 1 is 1.44 bits per heavy atom. The normalized spacial score (nSPS) is 21.2. The van der Waals surface area contributed by atoms with Gasteiger partial charge in [0.15, 0.2) is 0 Å². The molecule has 0 aliphatic carbocycles. The highest BCUT2D eigenvalue weighted by Crippen LogP contribution is 2.16. The Morgan fingerprint density at radius 2 is 2.12 bits per heavy atom. The minimum Gasteiger partial charge on any atom is -0.394 e. The van der Waals surface area contributed by atoms with Crippen molar-refractivity contribution in [2.24, 2.45) is 5.92 Å². The molecule has 1 fully saturated rings. The second-order valence-corrected chi connectivity index (χ2v) is 5.17. The summed E-state index contributed by atoms with van der Waals surface area (Å²) in [6.07, 6.45) is 3.83. The number of rotatable bonds is 7. The lowest BCUT2D eigenvalue weighted by atomic mass is 10.0. The average molecular weight is 294 g/mol. The van der Waals surface area contributed by atoms with E-state index in [9.17, 15) is 0 Å². The van der Waals surface area contributed by atoms with Crippen molar-refractivity contribution >= 4 is 15.9 Å². The topological polar surface area (TPSA) is 32.7 Å². The average Bonchev–Trinajstić information content (AvgIpc) is 2.35. The summed E-state index contributed by atoms with van der Waals surface area (Å²) in [5.41, 5.74) is 0. The number of nitrogens with zero attached hydrogens (tertiary/aromatic N) is 1. The zero-order chi connectivity index (χ0) is 11.8. The van der Waals surface area contributed by atoms with E-state index in [0.717, 1.165) is 37.2 Å². The van der Waals surface area contributed by atoms with Crippen molar-refractivity contribution in [2.45, 2.75) is 32.3 Å². The van der Waals surface area contributed by atoms with E-state index in [4.69, 9.17) is 9.84 Å². The third-order valence-corrected chi connectivity index (χ3v) is 4.21. The van der Waals surface area contributed by atoms with Gasteiger partial charge in [-0.15, -0.1) is 0 Å². The second kappa shape index (κ2) is 8.45. The molecule has 16 heavy (non-hydrogen) atoms. The smallest absolute Gasteiger partial charge is 0.0701 e. The fourth-order valence-electron chi connectivity index (χ4n) is 2.13. The van der Waals surface area contributed by atoms with Gasteiger partial charge in [-0.25, -0.2) is 0 Å². The van der Waals surface area contributed by atoms with Crippen molar-refractivity contribution in [1.29, 1.82) is 0 Å². The van der Waals surface area contributed by atoms with Gasteiger partial charge >= 0.3 is 0 Å². The van der Waals surface area contributed by atoms with Crippen LogP contribution in [0.2, 0.25) is 0 Å². The van der Waals surface area contributed by atoms with Gasteiger partial charge in [-0.2, -0.15) is 0 Å². The summed E-state index contributed by atoms with van der Waals surface area (Å²) < 4.78 is 5.55. The highest BCUT2D eigenvalue weighted by molar-refractivity contribution is 9.09. The fraction of sp³-hybridized carbons (Fsp3) is 1.00. The molecule has 1 aliphatic rings. The Hall–Kier alpha value is 0.360. The molecule has 1 aliphatic heterocycles. The minimum absolute atomic E-state index is 0.141. The molecule has 96 valence electrons. The molecule has 0 spiro atoms. The molecule has 0 bridgehead atoms. The first kappa shape index (κ1) is 14.4. The maximum absolute atomic E-state index is 8.69. The lowest BCUT2D eigenvalue weighted by Gasteiger charge is -2.33. The molecule has 1 unspecified atom stereocenters. The molecule has 1 heterocycles. The summed E-state index contributed by atoms with van der Waals surface area (Å²) in [5, 5.41) is 9.79. The summed E-state index contributed by atoms with van der Waals surface area (Å²) in [4.78, 5) is 2.54. The van der Waals surface area contributed by atoms with Crippen LogP contribution in [0.15, 0.2) is 0 Å². The molecule has 0 aromatic rings. The first-order valence-corrected chi connectivity index (χ1v) is 7.43. The number of alkyl halides is 1. The van der Waals surface area contributed by atoms with E-state index in [2.05, 4.69) is 27.8 Å². The predicted molar refractivity (Wildman–Crippen MR) is 70.1 cm³/mol. The van der Waals surface area contributed by atoms with E-state index < -0.39 is 0 Å². The number of aliphatic hydroxyl groups is 1. The van der Waals surface area contributed by atoms with Gasteiger partial charge in [0.1, 0.15) is 0 Å². The van der Waals surface area contributed by atoms with E-state index >= 15 is 0 Å². The van der Waals surface area contributed by atoms with Crippen LogP contribution < -0.4 is 0 Å².